The molecule has 2 fully saturated rings. The van der Waals surface area contributed by atoms with Crippen molar-refractivity contribution in [3.8, 4) is 0 Å². The Hall–Kier alpha value is -1.74. The summed E-state index contributed by atoms with van der Waals surface area (Å²) < 4.78 is 0. The predicted octanol–water partition coefficient (Wildman–Crippen LogP) is 6.32. The van der Waals surface area contributed by atoms with Gasteiger partial charge in [0, 0.05) is 37.6 Å². The molecule has 176 valence electrons. The van der Waals surface area contributed by atoms with Crippen molar-refractivity contribution >= 4 is 5.69 Å². The van der Waals surface area contributed by atoms with Crippen LogP contribution >= 0.6 is 0 Å². The minimum atomic E-state index is 0.266. The Morgan fingerprint density at radius 2 is 1.91 bits per heavy atom. The van der Waals surface area contributed by atoms with Crippen LogP contribution in [0.25, 0.3) is 0 Å². The van der Waals surface area contributed by atoms with Crippen LogP contribution < -0.4 is 10.2 Å². The van der Waals surface area contributed by atoms with E-state index in [9.17, 15) is 0 Å². The number of benzene rings is 1. The van der Waals surface area contributed by atoms with Crippen LogP contribution in [0.15, 0.2) is 37.2 Å². The van der Waals surface area contributed by atoms with Crippen LogP contribution in [0.4, 0.5) is 5.69 Å². The van der Waals surface area contributed by atoms with Crippen molar-refractivity contribution in [3.63, 3.8) is 0 Å². The molecule has 1 saturated heterocycles. The van der Waals surface area contributed by atoms with Gasteiger partial charge < -0.3 is 10.2 Å². The first-order valence-corrected chi connectivity index (χ1v) is 13.1. The Morgan fingerprint density at radius 1 is 1.16 bits per heavy atom. The van der Waals surface area contributed by atoms with Gasteiger partial charge in [-0.25, -0.2) is 0 Å². The van der Waals surface area contributed by atoms with Crippen LogP contribution in [0.5, 0.6) is 0 Å². The Morgan fingerprint density at radius 3 is 2.62 bits per heavy atom. The van der Waals surface area contributed by atoms with Gasteiger partial charge in [-0.05, 0) is 85.9 Å². The summed E-state index contributed by atoms with van der Waals surface area (Å²) in [6.45, 7) is 18.8. The first kappa shape index (κ1) is 23.4. The Kier molecular flexibility index (Phi) is 7.66. The van der Waals surface area contributed by atoms with E-state index in [2.05, 4.69) is 54.3 Å². The van der Waals surface area contributed by atoms with Gasteiger partial charge in [-0.15, -0.1) is 0 Å². The molecule has 2 aliphatic carbocycles. The number of anilines is 1. The fourth-order valence-corrected chi connectivity index (χ4v) is 6.35. The maximum atomic E-state index is 4.14. The smallest absolute Gasteiger partial charge is 0.0399 e. The number of nitrogens with zero attached hydrogens (tertiary/aromatic N) is 2. The Bertz CT molecular complexity index is 799. The molecule has 0 aromatic heterocycles. The summed E-state index contributed by atoms with van der Waals surface area (Å²) in [6.07, 6.45) is 15.1. The minimum absolute atomic E-state index is 0.266. The maximum Gasteiger partial charge on any atom is 0.0399 e. The quantitative estimate of drug-likeness (QED) is 0.490. The summed E-state index contributed by atoms with van der Waals surface area (Å²) in [4.78, 5) is 5.37. The molecular weight excluding hydrogens is 390 g/mol. The number of nitrogens with one attached hydrogen (secondary N) is 1. The Balaban J connectivity index is 1.33. The molecule has 1 aliphatic heterocycles. The lowest BCUT2D eigenvalue weighted by Crippen LogP contribution is -2.47. The standard InChI is InChI=1S/C29H45N3/c1-5-30-24(3)11-14-29(4)15-12-26-22-28(23(2)21-27(26)29)32-19-17-31(18-20-32)16-13-25-9-7-6-8-10-25/h5,21-22,25,30H,1,3,6-20H2,2,4H3. The molecule has 1 aromatic rings. The van der Waals surface area contributed by atoms with Crippen molar-refractivity contribution in [2.24, 2.45) is 5.92 Å². The molecule has 1 unspecified atom stereocenters. The van der Waals surface area contributed by atoms with Crippen LogP contribution in [0.3, 0.4) is 0 Å². The van der Waals surface area contributed by atoms with Crippen LogP contribution in [-0.2, 0) is 11.8 Å². The van der Waals surface area contributed by atoms with Gasteiger partial charge in [-0.1, -0.05) is 58.3 Å². The molecule has 4 rings (SSSR count). The van der Waals surface area contributed by atoms with Gasteiger partial charge in [-0.3, -0.25) is 4.90 Å². The fraction of sp³-hybridized carbons (Fsp3) is 0.655. The topological polar surface area (TPSA) is 18.5 Å². The number of rotatable bonds is 9. The van der Waals surface area contributed by atoms with Crippen molar-refractivity contribution < 1.29 is 0 Å². The molecule has 1 N–H and O–H groups in total. The summed E-state index contributed by atoms with van der Waals surface area (Å²) in [5.74, 6) is 1.000. The van der Waals surface area contributed by atoms with Crippen LogP contribution in [0.2, 0.25) is 0 Å². The average molecular weight is 436 g/mol. The number of fused-ring (bicyclic) bond motifs is 1. The van der Waals surface area contributed by atoms with E-state index in [4.69, 9.17) is 0 Å². The predicted molar refractivity (Wildman–Crippen MR) is 138 cm³/mol. The third-order valence-electron chi connectivity index (χ3n) is 8.59. The summed E-state index contributed by atoms with van der Waals surface area (Å²) in [6, 6.07) is 5.04. The largest absolute Gasteiger partial charge is 0.369 e. The maximum absolute atomic E-state index is 4.14. The van der Waals surface area contributed by atoms with Gasteiger partial charge in [0.1, 0.15) is 0 Å². The number of aryl methyl sites for hydroxylation is 2. The van der Waals surface area contributed by atoms with E-state index in [0.29, 0.717) is 0 Å². The second kappa shape index (κ2) is 10.5. The number of piperazine rings is 1. The van der Waals surface area contributed by atoms with E-state index in [1.54, 1.807) is 17.3 Å². The average Bonchev–Trinajstić information content (AvgIpc) is 3.13. The molecule has 32 heavy (non-hydrogen) atoms. The van der Waals surface area contributed by atoms with Crippen LogP contribution in [-0.4, -0.2) is 37.6 Å². The SMILES string of the molecule is C=CNC(=C)CCC1(C)CCc2cc(N3CCN(CCC4CCCCC4)CC3)c(C)cc21. The molecule has 1 aromatic carbocycles. The summed E-state index contributed by atoms with van der Waals surface area (Å²) in [5, 5.41) is 3.16. The highest BCUT2D eigenvalue weighted by Crippen LogP contribution is 2.44. The van der Waals surface area contributed by atoms with Gasteiger partial charge in [-0.2, -0.15) is 0 Å². The summed E-state index contributed by atoms with van der Waals surface area (Å²) in [7, 11) is 0. The second-order valence-corrected chi connectivity index (χ2v) is 10.9. The normalized spacial score (nSPS) is 24.4. The van der Waals surface area contributed by atoms with Crippen LogP contribution in [0, 0.1) is 12.8 Å². The zero-order valence-electron chi connectivity index (χ0n) is 20.7. The van der Waals surface area contributed by atoms with E-state index in [0.717, 1.165) is 24.5 Å². The number of hydrogen-bond donors (Lipinski definition) is 1. The van der Waals surface area contributed by atoms with E-state index < -0.39 is 0 Å². The molecule has 1 heterocycles. The minimum Gasteiger partial charge on any atom is -0.369 e. The van der Waals surface area contributed by atoms with E-state index >= 15 is 0 Å². The molecule has 0 radical (unpaired) electrons. The molecule has 3 heteroatoms. The molecule has 0 bridgehead atoms. The molecule has 3 nitrogen and oxygen atoms in total. The molecule has 1 saturated carbocycles. The van der Waals surface area contributed by atoms with E-state index in [1.807, 2.05) is 0 Å². The van der Waals surface area contributed by atoms with Crippen LogP contribution in [0.1, 0.15) is 81.4 Å². The van der Waals surface area contributed by atoms with Crippen molar-refractivity contribution in [2.45, 2.75) is 83.5 Å². The van der Waals surface area contributed by atoms with Gasteiger partial charge in [0.05, 0.1) is 0 Å². The fourth-order valence-electron chi connectivity index (χ4n) is 6.35. The monoisotopic (exact) mass is 435 g/mol. The van der Waals surface area contributed by atoms with Crippen molar-refractivity contribution in [1.29, 1.82) is 0 Å². The van der Waals surface area contributed by atoms with Crippen molar-refractivity contribution in [3.05, 3.63) is 53.9 Å². The molecule has 1 atom stereocenters. The first-order valence-electron chi connectivity index (χ1n) is 13.1. The van der Waals surface area contributed by atoms with Gasteiger partial charge in [0.15, 0.2) is 0 Å². The van der Waals surface area contributed by atoms with Crippen molar-refractivity contribution in [1.82, 2.24) is 10.2 Å². The van der Waals surface area contributed by atoms with Gasteiger partial charge in [0.2, 0.25) is 0 Å². The second-order valence-electron chi connectivity index (χ2n) is 10.9. The molecule has 0 amide bonds. The number of hydrogen-bond acceptors (Lipinski definition) is 3. The summed E-state index contributed by atoms with van der Waals surface area (Å²) in [5.41, 5.74) is 7.44. The molecule has 3 aliphatic rings. The highest BCUT2D eigenvalue weighted by atomic mass is 15.3. The summed E-state index contributed by atoms with van der Waals surface area (Å²) >= 11 is 0. The lowest BCUT2D eigenvalue weighted by Gasteiger charge is -2.38. The third-order valence-corrected chi connectivity index (χ3v) is 8.59. The van der Waals surface area contributed by atoms with Gasteiger partial charge in [0.25, 0.3) is 0 Å². The highest BCUT2D eigenvalue weighted by molar-refractivity contribution is 5.60. The van der Waals surface area contributed by atoms with E-state index in [1.165, 1.54) is 95.3 Å². The van der Waals surface area contributed by atoms with Crippen molar-refractivity contribution in [2.75, 3.05) is 37.6 Å². The van der Waals surface area contributed by atoms with Gasteiger partial charge >= 0.3 is 0 Å². The first-order chi connectivity index (χ1) is 15.5. The zero-order valence-corrected chi connectivity index (χ0v) is 20.7. The lowest BCUT2D eigenvalue weighted by molar-refractivity contribution is 0.221. The molecular formula is C29H45N3. The third kappa shape index (κ3) is 5.42. The Labute approximate surface area is 196 Å². The lowest BCUT2D eigenvalue weighted by atomic mass is 9.79. The van der Waals surface area contributed by atoms with E-state index in [-0.39, 0.29) is 5.41 Å². The number of allylic oxidation sites excluding steroid dienone is 1. The highest BCUT2D eigenvalue weighted by Gasteiger charge is 2.35. The molecule has 0 spiro atoms. The zero-order chi connectivity index (χ0) is 22.6.